The maximum Gasteiger partial charge on any atom is 0.328 e. The minimum Gasteiger partial charge on any atom is -0.478 e. The second-order valence-electron chi connectivity index (χ2n) is 5.01. The van der Waals surface area contributed by atoms with Crippen LogP contribution in [0.1, 0.15) is 11.3 Å². The van der Waals surface area contributed by atoms with E-state index in [1.807, 2.05) is 49.0 Å². The Morgan fingerprint density at radius 1 is 1.36 bits per heavy atom. The Bertz CT molecular complexity index is 906. The summed E-state index contributed by atoms with van der Waals surface area (Å²) in [4.78, 5) is 10.8. The SMILES string of the molecule is Cc1nn(C)c(-n2ccc3cc(Cl)ccc32)c1/C=C/C(=O)O. The van der Waals surface area contributed by atoms with Gasteiger partial charge in [-0.15, -0.1) is 0 Å². The number of halogens is 1. The molecule has 0 saturated carbocycles. The van der Waals surface area contributed by atoms with Gasteiger partial charge in [0.15, 0.2) is 0 Å². The number of carboxylic acids is 1. The molecule has 2 aromatic heterocycles. The molecule has 0 aliphatic carbocycles. The predicted molar refractivity (Wildman–Crippen MR) is 86.5 cm³/mol. The molecule has 3 aromatic rings. The Labute approximate surface area is 132 Å². The van der Waals surface area contributed by atoms with Crippen molar-refractivity contribution in [3.63, 3.8) is 0 Å². The normalized spacial score (nSPS) is 11.6. The first-order valence-corrected chi connectivity index (χ1v) is 7.07. The van der Waals surface area contributed by atoms with E-state index < -0.39 is 5.97 Å². The summed E-state index contributed by atoms with van der Waals surface area (Å²) >= 11 is 6.02. The van der Waals surface area contributed by atoms with Crippen LogP contribution < -0.4 is 0 Å². The molecule has 22 heavy (non-hydrogen) atoms. The Morgan fingerprint density at radius 3 is 2.86 bits per heavy atom. The van der Waals surface area contributed by atoms with Gasteiger partial charge in [0.1, 0.15) is 5.82 Å². The molecule has 112 valence electrons. The lowest BCUT2D eigenvalue weighted by Crippen LogP contribution is -2.03. The molecule has 0 atom stereocenters. The van der Waals surface area contributed by atoms with Gasteiger partial charge in [-0.1, -0.05) is 11.6 Å². The Hall–Kier alpha value is -2.53. The van der Waals surface area contributed by atoms with Crippen LogP contribution in [-0.2, 0) is 11.8 Å². The summed E-state index contributed by atoms with van der Waals surface area (Å²) in [5.41, 5.74) is 2.53. The summed E-state index contributed by atoms with van der Waals surface area (Å²) in [6.45, 7) is 1.85. The summed E-state index contributed by atoms with van der Waals surface area (Å²) in [5, 5.41) is 14.9. The van der Waals surface area contributed by atoms with E-state index in [-0.39, 0.29) is 0 Å². The number of aryl methyl sites for hydroxylation is 2. The topological polar surface area (TPSA) is 60.0 Å². The van der Waals surface area contributed by atoms with Crippen molar-refractivity contribution in [3.8, 4) is 5.82 Å². The van der Waals surface area contributed by atoms with Crippen LogP contribution in [0.25, 0.3) is 22.8 Å². The van der Waals surface area contributed by atoms with Gasteiger partial charge in [-0.2, -0.15) is 5.10 Å². The summed E-state index contributed by atoms with van der Waals surface area (Å²) in [5.74, 6) is -0.175. The number of fused-ring (bicyclic) bond motifs is 1. The summed E-state index contributed by atoms with van der Waals surface area (Å²) < 4.78 is 3.72. The monoisotopic (exact) mass is 315 g/mol. The smallest absolute Gasteiger partial charge is 0.328 e. The highest BCUT2D eigenvalue weighted by atomic mass is 35.5. The maximum atomic E-state index is 10.8. The number of carbonyl (C=O) groups is 1. The van der Waals surface area contributed by atoms with Crippen molar-refractivity contribution in [2.75, 3.05) is 0 Å². The summed E-state index contributed by atoms with van der Waals surface area (Å²) in [6.07, 6.45) is 4.62. The van der Waals surface area contributed by atoms with E-state index in [1.54, 1.807) is 10.8 Å². The van der Waals surface area contributed by atoms with E-state index >= 15 is 0 Å². The number of benzene rings is 1. The van der Waals surface area contributed by atoms with Gasteiger partial charge in [-0.05, 0) is 37.3 Å². The Kier molecular flexibility index (Phi) is 3.50. The lowest BCUT2D eigenvalue weighted by molar-refractivity contribution is -0.131. The first-order valence-electron chi connectivity index (χ1n) is 6.69. The second kappa shape index (κ2) is 5.35. The van der Waals surface area contributed by atoms with Crippen LogP contribution in [0.15, 0.2) is 36.5 Å². The van der Waals surface area contributed by atoms with Crippen molar-refractivity contribution in [2.45, 2.75) is 6.92 Å². The summed E-state index contributed by atoms with van der Waals surface area (Å²) in [7, 11) is 1.84. The first kappa shape index (κ1) is 14.4. The number of carboxylic acid groups (broad SMARTS) is 1. The third-order valence-electron chi connectivity index (χ3n) is 3.51. The highest BCUT2D eigenvalue weighted by molar-refractivity contribution is 6.31. The zero-order valence-electron chi connectivity index (χ0n) is 12.1. The lowest BCUT2D eigenvalue weighted by atomic mass is 10.2. The largest absolute Gasteiger partial charge is 0.478 e. The summed E-state index contributed by atoms with van der Waals surface area (Å²) in [6, 6.07) is 7.62. The average Bonchev–Trinajstić information content (AvgIpc) is 2.96. The van der Waals surface area contributed by atoms with Crippen molar-refractivity contribution < 1.29 is 9.90 Å². The molecule has 2 heterocycles. The number of aliphatic carboxylic acids is 1. The molecule has 0 bridgehead atoms. The van der Waals surface area contributed by atoms with Crippen molar-refractivity contribution >= 4 is 34.5 Å². The van der Waals surface area contributed by atoms with E-state index in [9.17, 15) is 4.79 Å². The van der Waals surface area contributed by atoms with Crippen LogP contribution in [0.4, 0.5) is 0 Å². The molecule has 6 heteroatoms. The average molecular weight is 316 g/mol. The molecule has 0 aliphatic heterocycles. The van der Waals surface area contributed by atoms with Gasteiger partial charge < -0.3 is 9.67 Å². The molecular weight excluding hydrogens is 302 g/mol. The Morgan fingerprint density at radius 2 is 2.14 bits per heavy atom. The fraction of sp³-hybridized carbons (Fsp3) is 0.125. The Balaban J connectivity index is 2.24. The fourth-order valence-electron chi connectivity index (χ4n) is 2.60. The van der Waals surface area contributed by atoms with Crippen molar-refractivity contribution in [1.29, 1.82) is 0 Å². The molecule has 5 nitrogen and oxygen atoms in total. The minimum atomic E-state index is -0.988. The van der Waals surface area contributed by atoms with E-state index in [0.717, 1.165) is 34.1 Å². The zero-order valence-corrected chi connectivity index (χ0v) is 12.9. The number of aromatic nitrogens is 3. The van der Waals surface area contributed by atoms with Crippen LogP contribution in [0, 0.1) is 6.92 Å². The predicted octanol–water partition coefficient (Wildman–Crippen LogP) is 3.42. The van der Waals surface area contributed by atoms with Crippen LogP contribution in [-0.4, -0.2) is 25.4 Å². The highest BCUT2D eigenvalue weighted by Crippen LogP contribution is 2.27. The third kappa shape index (κ3) is 2.40. The molecular formula is C16H14ClN3O2. The third-order valence-corrected chi connectivity index (χ3v) is 3.75. The highest BCUT2D eigenvalue weighted by Gasteiger charge is 2.15. The van der Waals surface area contributed by atoms with Gasteiger partial charge in [0.05, 0.1) is 11.2 Å². The van der Waals surface area contributed by atoms with Gasteiger partial charge in [0.2, 0.25) is 0 Å². The number of nitrogens with zero attached hydrogens (tertiary/aromatic N) is 3. The van der Waals surface area contributed by atoms with E-state index in [4.69, 9.17) is 16.7 Å². The number of rotatable bonds is 3. The zero-order chi connectivity index (χ0) is 15.9. The minimum absolute atomic E-state index is 0.678. The van der Waals surface area contributed by atoms with Gasteiger partial charge in [0.25, 0.3) is 0 Å². The maximum absolute atomic E-state index is 10.8. The van der Waals surface area contributed by atoms with Crippen LogP contribution in [0.3, 0.4) is 0 Å². The molecule has 0 saturated heterocycles. The molecule has 3 rings (SSSR count). The van der Waals surface area contributed by atoms with Crippen molar-refractivity contribution in [3.05, 3.63) is 52.8 Å². The quantitative estimate of drug-likeness (QED) is 0.753. The molecule has 0 fully saturated rings. The second-order valence-corrected chi connectivity index (χ2v) is 5.44. The van der Waals surface area contributed by atoms with Gasteiger partial charge in [0, 0.05) is 35.3 Å². The van der Waals surface area contributed by atoms with E-state index in [0.29, 0.717) is 5.02 Å². The van der Waals surface area contributed by atoms with E-state index in [1.165, 1.54) is 0 Å². The fourth-order valence-corrected chi connectivity index (χ4v) is 2.78. The van der Waals surface area contributed by atoms with E-state index in [2.05, 4.69) is 5.10 Å². The molecule has 0 amide bonds. The van der Waals surface area contributed by atoms with Crippen LogP contribution in [0.5, 0.6) is 0 Å². The van der Waals surface area contributed by atoms with Crippen LogP contribution in [0.2, 0.25) is 5.02 Å². The van der Waals surface area contributed by atoms with Gasteiger partial charge in [-0.25, -0.2) is 4.79 Å². The molecule has 0 aliphatic rings. The standard InChI is InChI=1S/C16H14ClN3O2/c1-10-13(4-6-15(21)22)16(19(2)18-10)20-8-7-11-9-12(17)3-5-14(11)20/h3-9H,1-2H3,(H,21,22)/b6-4+. The van der Waals surface area contributed by atoms with Crippen LogP contribution >= 0.6 is 11.6 Å². The molecule has 0 radical (unpaired) electrons. The molecule has 1 N–H and O–H groups in total. The van der Waals surface area contributed by atoms with Gasteiger partial charge >= 0.3 is 5.97 Å². The number of hydrogen-bond donors (Lipinski definition) is 1. The lowest BCUT2D eigenvalue weighted by Gasteiger charge is -2.08. The van der Waals surface area contributed by atoms with Gasteiger partial charge in [-0.3, -0.25) is 4.68 Å². The number of hydrogen-bond acceptors (Lipinski definition) is 2. The molecule has 1 aromatic carbocycles. The molecule has 0 spiro atoms. The van der Waals surface area contributed by atoms with Crippen molar-refractivity contribution in [2.24, 2.45) is 7.05 Å². The first-order chi connectivity index (χ1) is 10.5. The van der Waals surface area contributed by atoms with Crippen molar-refractivity contribution in [1.82, 2.24) is 14.3 Å². The molecule has 0 unspecified atom stereocenters.